The maximum atomic E-state index is 10.4. The minimum atomic E-state index is -3.84. The van der Waals surface area contributed by atoms with Gasteiger partial charge in [0.15, 0.2) is 0 Å². The minimum Gasteiger partial charge on any atom is -0.393 e. The van der Waals surface area contributed by atoms with Crippen molar-refractivity contribution in [3.8, 4) is 0 Å². The predicted octanol–water partition coefficient (Wildman–Crippen LogP) is 0.0352. The monoisotopic (exact) mass is 180 g/mol. The Hall–Kier alpha value is -0.130. The van der Waals surface area contributed by atoms with Gasteiger partial charge in [0.1, 0.15) is 0 Å². The van der Waals surface area contributed by atoms with Gasteiger partial charge in [0.25, 0.3) is 10.1 Å². The van der Waals surface area contributed by atoms with Crippen molar-refractivity contribution in [1.82, 2.24) is 0 Å². The molecule has 0 radical (unpaired) electrons. The highest BCUT2D eigenvalue weighted by Crippen LogP contribution is 2.26. The molecule has 0 unspecified atom stereocenters. The molecule has 2 atom stereocenters. The van der Waals surface area contributed by atoms with Crippen molar-refractivity contribution in [2.24, 2.45) is 5.92 Å². The molecule has 1 aliphatic carbocycles. The molecule has 0 spiro atoms. The number of rotatable bonds is 2. The molecule has 1 saturated carbocycles. The van der Waals surface area contributed by atoms with Gasteiger partial charge in [-0.3, -0.25) is 4.55 Å². The van der Waals surface area contributed by atoms with Crippen molar-refractivity contribution in [3.63, 3.8) is 0 Å². The summed E-state index contributed by atoms with van der Waals surface area (Å²) in [6.07, 6.45) is 1.47. The summed E-state index contributed by atoms with van der Waals surface area (Å²) in [6, 6.07) is 0. The van der Waals surface area contributed by atoms with Gasteiger partial charge in [0, 0.05) is 0 Å². The standard InChI is InChI=1S/C6H12O4S/c7-6-2-1-5(3-6)4-11(8,9)10/h5-7H,1-4H2,(H,8,9,10)/t5-,6-/m0/s1. The summed E-state index contributed by atoms with van der Waals surface area (Å²) in [5.74, 6) is -0.260. The van der Waals surface area contributed by atoms with Gasteiger partial charge in [-0.2, -0.15) is 8.42 Å². The summed E-state index contributed by atoms with van der Waals surface area (Å²) in [5.41, 5.74) is 0. The molecule has 0 aliphatic heterocycles. The number of aliphatic hydroxyl groups is 1. The van der Waals surface area contributed by atoms with Crippen molar-refractivity contribution < 1.29 is 18.1 Å². The van der Waals surface area contributed by atoms with Crippen LogP contribution in [-0.2, 0) is 10.1 Å². The van der Waals surface area contributed by atoms with Gasteiger partial charge >= 0.3 is 0 Å². The number of hydrogen-bond donors (Lipinski definition) is 2. The molecule has 1 fully saturated rings. The molecule has 2 N–H and O–H groups in total. The fourth-order valence-corrected chi connectivity index (χ4v) is 2.40. The first-order valence-corrected chi connectivity index (χ1v) is 5.21. The molecule has 4 nitrogen and oxygen atoms in total. The van der Waals surface area contributed by atoms with Gasteiger partial charge in [-0.1, -0.05) is 0 Å². The summed E-state index contributed by atoms with van der Waals surface area (Å²) >= 11 is 0. The first-order chi connectivity index (χ1) is 4.97. The van der Waals surface area contributed by atoms with E-state index < -0.39 is 10.1 Å². The van der Waals surface area contributed by atoms with Gasteiger partial charge in [-0.25, -0.2) is 0 Å². The van der Waals surface area contributed by atoms with Crippen molar-refractivity contribution in [1.29, 1.82) is 0 Å². The Labute approximate surface area is 66.0 Å². The summed E-state index contributed by atoms with van der Waals surface area (Å²) in [6.45, 7) is 0. The Morgan fingerprint density at radius 1 is 1.36 bits per heavy atom. The van der Waals surface area contributed by atoms with E-state index in [1.165, 1.54) is 0 Å². The van der Waals surface area contributed by atoms with Gasteiger partial charge in [0.2, 0.25) is 0 Å². The molecular formula is C6H12O4S. The van der Waals surface area contributed by atoms with E-state index in [-0.39, 0.29) is 17.8 Å². The topological polar surface area (TPSA) is 74.6 Å². The van der Waals surface area contributed by atoms with E-state index in [0.717, 1.165) is 0 Å². The molecule has 66 valence electrons. The average Bonchev–Trinajstić information content (AvgIpc) is 2.10. The maximum Gasteiger partial charge on any atom is 0.265 e. The van der Waals surface area contributed by atoms with E-state index in [4.69, 9.17) is 9.66 Å². The molecule has 0 heterocycles. The van der Waals surface area contributed by atoms with Crippen molar-refractivity contribution in [3.05, 3.63) is 0 Å². The predicted molar refractivity (Wildman–Crippen MR) is 39.8 cm³/mol. The van der Waals surface area contributed by atoms with Crippen LogP contribution in [0.3, 0.4) is 0 Å². The molecular weight excluding hydrogens is 168 g/mol. The highest BCUT2D eigenvalue weighted by Gasteiger charge is 2.26. The Morgan fingerprint density at radius 2 is 2.00 bits per heavy atom. The fourth-order valence-electron chi connectivity index (χ4n) is 1.50. The second-order valence-corrected chi connectivity index (χ2v) is 4.58. The van der Waals surface area contributed by atoms with Crippen LogP contribution in [0.1, 0.15) is 19.3 Å². The lowest BCUT2D eigenvalue weighted by molar-refractivity contribution is 0.179. The first-order valence-electron chi connectivity index (χ1n) is 3.60. The van der Waals surface area contributed by atoms with E-state index in [2.05, 4.69) is 0 Å². The third kappa shape index (κ3) is 3.18. The first kappa shape index (κ1) is 8.96. The zero-order valence-electron chi connectivity index (χ0n) is 6.10. The maximum absolute atomic E-state index is 10.4. The minimum absolute atomic E-state index is 0.0556. The summed E-state index contributed by atoms with van der Waals surface area (Å²) < 4.78 is 29.2. The van der Waals surface area contributed by atoms with Crippen molar-refractivity contribution in [2.45, 2.75) is 25.4 Å². The number of aliphatic hydroxyl groups excluding tert-OH is 1. The van der Waals surface area contributed by atoms with E-state index >= 15 is 0 Å². The lowest BCUT2D eigenvalue weighted by Gasteiger charge is -2.04. The highest BCUT2D eigenvalue weighted by atomic mass is 32.2. The largest absolute Gasteiger partial charge is 0.393 e. The van der Waals surface area contributed by atoms with Crippen LogP contribution in [0.4, 0.5) is 0 Å². The molecule has 1 rings (SSSR count). The Bertz CT molecular complexity index is 221. The Kier molecular flexibility index (Phi) is 2.51. The molecule has 0 bridgehead atoms. The second kappa shape index (κ2) is 3.08. The van der Waals surface area contributed by atoms with Gasteiger partial charge in [0.05, 0.1) is 11.9 Å². The average molecular weight is 180 g/mol. The molecule has 0 amide bonds. The van der Waals surface area contributed by atoms with E-state index in [1.807, 2.05) is 0 Å². The molecule has 1 aliphatic rings. The molecule has 0 aromatic rings. The summed E-state index contributed by atoms with van der Waals surface area (Å²) in [5, 5.41) is 9.02. The summed E-state index contributed by atoms with van der Waals surface area (Å²) in [4.78, 5) is 0. The van der Waals surface area contributed by atoms with Crippen LogP contribution in [0.5, 0.6) is 0 Å². The van der Waals surface area contributed by atoms with Gasteiger partial charge < -0.3 is 5.11 Å². The lowest BCUT2D eigenvalue weighted by atomic mass is 10.1. The van der Waals surface area contributed by atoms with E-state index in [9.17, 15) is 8.42 Å². The van der Waals surface area contributed by atoms with E-state index in [0.29, 0.717) is 19.3 Å². The van der Waals surface area contributed by atoms with Gasteiger partial charge in [-0.15, -0.1) is 0 Å². The molecule has 5 heteroatoms. The third-order valence-corrected chi connectivity index (χ3v) is 2.85. The van der Waals surface area contributed by atoms with Crippen LogP contribution in [-0.4, -0.2) is 29.9 Å². The Morgan fingerprint density at radius 3 is 2.36 bits per heavy atom. The van der Waals surface area contributed by atoms with Crippen molar-refractivity contribution >= 4 is 10.1 Å². The van der Waals surface area contributed by atoms with Crippen LogP contribution in [0.25, 0.3) is 0 Å². The van der Waals surface area contributed by atoms with Crippen LogP contribution in [0.2, 0.25) is 0 Å². The second-order valence-electron chi connectivity index (χ2n) is 3.08. The van der Waals surface area contributed by atoms with Crippen LogP contribution < -0.4 is 0 Å². The quantitative estimate of drug-likeness (QED) is 0.588. The third-order valence-electron chi connectivity index (χ3n) is 1.96. The SMILES string of the molecule is O=S(=O)(O)C[C@H]1CC[C@H](O)C1. The van der Waals surface area contributed by atoms with Crippen LogP contribution >= 0.6 is 0 Å². The smallest absolute Gasteiger partial charge is 0.265 e. The van der Waals surface area contributed by atoms with E-state index in [1.54, 1.807) is 0 Å². The molecule has 0 aromatic heterocycles. The Balaban J connectivity index is 2.41. The van der Waals surface area contributed by atoms with Crippen LogP contribution in [0, 0.1) is 5.92 Å². The molecule has 11 heavy (non-hydrogen) atoms. The van der Waals surface area contributed by atoms with Crippen LogP contribution in [0.15, 0.2) is 0 Å². The highest BCUT2D eigenvalue weighted by molar-refractivity contribution is 7.85. The zero-order chi connectivity index (χ0) is 8.48. The van der Waals surface area contributed by atoms with Crippen molar-refractivity contribution in [2.75, 3.05) is 5.75 Å². The van der Waals surface area contributed by atoms with Gasteiger partial charge in [-0.05, 0) is 25.2 Å². The summed E-state index contributed by atoms with van der Waals surface area (Å²) in [7, 11) is -3.84. The molecule has 0 saturated heterocycles. The number of hydrogen-bond acceptors (Lipinski definition) is 3. The zero-order valence-corrected chi connectivity index (χ0v) is 6.92. The fraction of sp³-hybridized carbons (Fsp3) is 1.00. The normalized spacial score (nSPS) is 32.5. The molecule has 0 aromatic carbocycles. The lowest BCUT2D eigenvalue weighted by Crippen LogP contribution is -2.13.